The smallest absolute Gasteiger partial charge is 0.252 e. The van der Waals surface area contributed by atoms with Crippen molar-refractivity contribution in [2.45, 2.75) is 0 Å². The molecular formula is C90H59BN4. The normalized spacial score (nSPS) is 12.4. The van der Waals surface area contributed by atoms with Gasteiger partial charge in [-0.2, -0.15) is 0 Å². The van der Waals surface area contributed by atoms with Gasteiger partial charge in [0.2, 0.25) is 0 Å². The zero-order chi connectivity index (χ0) is 62.5. The lowest BCUT2D eigenvalue weighted by molar-refractivity contribution is 1.17. The number of hydrogen-bond acceptors (Lipinski definition) is 2. The molecule has 0 unspecified atom stereocenters. The molecule has 0 N–H and O–H groups in total. The molecule has 0 saturated heterocycles. The third kappa shape index (κ3) is 9.00. The molecule has 0 spiro atoms. The molecular weight excluding hydrogens is 1150 g/mol. The van der Waals surface area contributed by atoms with Crippen LogP contribution >= 0.6 is 0 Å². The average Bonchev–Trinajstić information content (AvgIpc) is 0.953. The predicted molar refractivity (Wildman–Crippen MR) is 402 cm³/mol. The van der Waals surface area contributed by atoms with E-state index < -0.39 is 0 Å². The van der Waals surface area contributed by atoms with Crippen molar-refractivity contribution in [2.24, 2.45) is 0 Å². The largest absolute Gasteiger partial charge is 0.311 e. The third-order valence-electron chi connectivity index (χ3n) is 19.9. The highest BCUT2D eigenvalue weighted by Gasteiger charge is 2.44. The van der Waals surface area contributed by atoms with E-state index in [1.807, 2.05) is 0 Å². The number of aromatic nitrogens is 2. The Morgan fingerprint density at radius 3 is 0.758 bits per heavy atom. The first kappa shape index (κ1) is 54.3. The minimum atomic E-state index is -0.142. The van der Waals surface area contributed by atoms with Gasteiger partial charge in [-0.25, -0.2) is 0 Å². The minimum Gasteiger partial charge on any atom is -0.311 e. The molecule has 0 atom stereocenters. The Labute approximate surface area is 552 Å². The predicted octanol–water partition coefficient (Wildman–Crippen LogP) is 22.0. The number of anilines is 6. The van der Waals surface area contributed by atoms with E-state index in [4.69, 9.17) is 0 Å². The van der Waals surface area contributed by atoms with Crippen LogP contribution < -0.4 is 26.2 Å². The van der Waals surface area contributed by atoms with Crippen molar-refractivity contribution >= 4 is 101 Å². The van der Waals surface area contributed by atoms with Crippen LogP contribution in [0.4, 0.5) is 34.1 Å². The standard InChI is InChI=1S/C90H59BN4/c1-7-22-60(23-8-1)66-34-19-36-72(52-66)94-86-38-21-39-87-90(86)91(80-46-44-74(58-88(80)94)92-82-48-40-68(62-26-11-3-12-27-62)54-76(82)77-55-69(41-49-83(77)92)63-28-13-4-14-29-63)81-47-45-75(59-89(81)95(87)73-37-20-35-67(53-73)61-24-9-2-10-25-61)93-84-50-42-70(64-30-15-5-16-31-64)56-78(84)79-57-71(43-51-85(79)93)65-32-17-6-18-33-65/h1-59H. The Hall–Kier alpha value is -12.4. The monoisotopic (exact) mass is 1210 g/mol. The molecule has 2 aliphatic rings. The summed E-state index contributed by atoms with van der Waals surface area (Å²) in [6.45, 7) is -0.142. The zero-order valence-electron chi connectivity index (χ0n) is 51.9. The molecule has 5 heteroatoms. The van der Waals surface area contributed by atoms with E-state index in [1.165, 1.54) is 93.6 Å². The molecule has 0 saturated carbocycles. The van der Waals surface area contributed by atoms with Crippen molar-refractivity contribution < 1.29 is 0 Å². The van der Waals surface area contributed by atoms with Crippen molar-refractivity contribution in [2.75, 3.05) is 9.80 Å². The van der Waals surface area contributed by atoms with Gasteiger partial charge in [-0.3, -0.25) is 0 Å². The lowest BCUT2D eigenvalue weighted by Crippen LogP contribution is -2.61. The van der Waals surface area contributed by atoms with Gasteiger partial charge in [-0.15, -0.1) is 0 Å². The maximum absolute atomic E-state index is 2.55. The molecule has 0 amide bonds. The van der Waals surface area contributed by atoms with E-state index >= 15 is 0 Å². The first-order valence-electron chi connectivity index (χ1n) is 32.8. The molecule has 95 heavy (non-hydrogen) atoms. The van der Waals surface area contributed by atoms with Crippen LogP contribution in [0.3, 0.4) is 0 Å². The Balaban J connectivity index is 0.859. The Morgan fingerprint density at radius 1 is 0.179 bits per heavy atom. The van der Waals surface area contributed by atoms with Crippen LogP contribution in [0, 0.1) is 0 Å². The van der Waals surface area contributed by atoms with Gasteiger partial charge in [0.15, 0.2) is 0 Å². The van der Waals surface area contributed by atoms with Gasteiger partial charge < -0.3 is 18.9 Å². The molecule has 2 aliphatic heterocycles. The van der Waals surface area contributed by atoms with Gasteiger partial charge in [0.1, 0.15) is 0 Å². The van der Waals surface area contributed by atoms with Crippen molar-refractivity contribution in [3.63, 3.8) is 0 Å². The van der Waals surface area contributed by atoms with E-state index in [9.17, 15) is 0 Å². The highest BCUT2D eigenvalue weighted by Crippen LogP contribution is 2.48. The minimum absolute atomic E-state index is 0.142. The summed E-state index contributed by atoms with van der Waals surface area (Å²) in [7, 11) is 0. The highest BCUT2D eigenvalue weighted by molar-refractivity contribution is 7.00. The van der Waals surface area contributed by atoms with Gasteiger partial charge in [0.25, 0.3) is 6.71 Å². The third-order valence-corrected chi connectivity index (χ3v) is 19.9. The fourth-order valence-corrected chi connectivity index (χ4v) is 15.5. The number of nitrogens with zero attached hydrogens (tertiary/aromatic N) is 4. The molecule has 2 aromatic heterocycles. The Bertz CT molecular complexity index is 5290. The van der Waals surface area contributed by atoms with Crippen molar-refractivity contribution in [3.8, 4) is 78.1 Å². The summed E-state index contributed by atoms with van der Waals surface area (Å²) in [4.78, 5) is 5.11. The second-order valence-corrected chi connectivity index (χ2v) is 25.2. The second-order valence-electron chi connectivity index (χ2n) is 25.2. The van der Waals surface area contributed by atoms with Gasteiger partial charge in [0.05, 0.1) is 22.1 Å². The Kier molecular flexibility index (Phi) is 12.7. The van der Waals surface area contributed by atoms with Crippen LogP contribution in [0.2, 0.25) is 0 Å². The quantitative estimate of drug-likeness (QED) is 0.127. The van der Waals surface area contributed by atoms with Crippen LogP contribution in [-0.2, 0) is 0 Å². The van der Waals surface area contributed by atoms with Crippen LogP contribution in [0.5, 0.6) is 0 Å². The lowest BCUT2D eigenvalue weighted by atomic mass is 9.33. The van der Waals surface area contributed by atoms with E-state index in [1.54, 1.807) is 0 Å². The fraction of sp³-hybridized carbons (Fsp3) is 0. The van der Waals surface area contributed by atoms with E-state index in [0.717, 1.165) is 78.7 Å². The first-order valence-corrected chi connectivity index (χ1v) is 32.8. The van der Waals surface area contributed by atoms with E-state index in [-0.39, 0.29) is 6.71 Å². The highest BCUT2D eigenvalue weighted by atomic mass is 15.2. The first-order chi connectivity index (χ1) is 47.1. The van der Waals surface area contributed by atoms with Crippen LogP contribution in [-0.4, -0.2) is 15.8 Å². The number of benzene rings is 15. The van der Waals surface area contributed by atoms with E-state index in [2.05, 4.69) is 377 Å². The molecule has 19 rings (SSSR count). The maximum Gasteiger partial charge on any atom is 0.252 e. The molecule has 15 aromatic carbocycles. The van der Waals surface area contributed by atoms with Crippen LogP contribution in [0.15, 0.2) is 358 Å². The molecule has 4 nitrogen and oxygen atoms in total. The molecule has 17 aromatic rings. The summed E-state index contributed by atoms with van der Waals surface area (Å²) in [6, 6.07) is 133. The number of hydrogen-bond donors (Lipinski definition) is 0. The maximum atomic E-state index is 2.55. The van der Waals surface area contributed by atoms with Crippen molar-refractivity contribution in [1.82, 2.24) is 9.13 Å². The van der Waals surface area contributed by atoms with Crippen molar-refractivity contribution in [3.05, 3.63) is 358 Å². The topological polar surface area (TPSA) is 16.3 Å². The van der Waals surface area contributed by atoms with E-state index in [0.29, 0.717) is 0 Å². The van der Waals surface area contributed by atoms with Gasteiger partial charge in [-0.1, -0.05) is 249 Å². The molecule has 4 heterocycles. The summed E-state index contributed by atoms with van der Waals surface area (Å²) in [5.74, 6) is 0. The number of fused-ring (bicyclic) bond motifs is 10. The summed E-state index contributed by atoms with van der Waals surface area (Å²) in [6.07, 6.45) is 0. The van der Waals surface area contributed by atoms with Gasteiger partial charge in [0, 0.05) is 67.0 Å². The molecule has 442 valence electrons. The summed E-state index contributed by atoms with van der Waals surface area (Å²) in [5.41, 5.74) is 31.5. The van der Waals surface area contributed by atoms with Crippen LogP contribution in [0.25, 0.3) is 122 Å². The summed E-state index contributed by atoms with van der Waals surface area (Å²) >= 11 is 0. The zero-order valence-corrected chi connectivity index (χ0v) is 51.9. The van der Waals surface area contributed by atoms with Crippen molar-refractivity contribution in [1.29, 1.82) is 0 Å². The van der Waals surface area contributed by atoms with Gasteiger partial charge >= 0.3 is 0 Å². The second kappa shape index (κ2) is 22.2. The average molecular weight is 1210 g/mol. The summed E-state index contributed by atoms with van der Waals surface area (Å²) < 4.78 is 5.00. The van der Waals surface area contributed by atoms with Gasteiger partial charge in [-0.05, 0) is 192 Å². The molecule has 0 fully saturated rings. The number of rotatable bonds is 10. The fourth-order valence-electron chi connectivity index (χ4n) is 15.5. The SMILES string of the molecule is c1ccc(-c2cccc(N3c4cc(-n5c6ccc(-c7ccccc7)cc6c6cc(-c7ccccc7)ccc65)ccc4B4c5ccc(-n6c7ccc(-c8ccccc8)cc7c7cc(-c8ccccc8)ccc76)cc5N(c5cccc(-c6ccccc6)c5)c5cccc3c54)c2)cc1. The molecule has 0 bridgehead atoms. The Morgan fingerprint density at radius 2 is 0.453 bits per heavy atom. The molecule has 0 radical (unpaired) electrons. The molecule has 0 aliphatic carbocycles. The summed E-state index contributed by atoms with van der Waals surface area (Å²) in [5, 5.41) is 4.85. The van der Waals surface area contributed by atoms with Crippen LogP contribution in [0.1, 0.15) is 0 Å². The lowest BCUT2D eigenvalue weighted by Gasteiger charge is -2.44.